The fourth-order valence-electron chi connectivity index (χ4n) is 1.81. The molecule has 0 bridgehead atoms. The van der Waals surface area contributed by atoms with Gasteiger partial charge in [-0.1, -0.05) is 13.0 Å². The summed E-state index contributed by atoms with van der Waals surface area (Å²) in [6, 6.07) is 1.55. The third-order valence-electron chi connectivity index (χ3n) is 2.68. The van der Waals surface area contributed by atoms with Gasteiger partial charge in [-0.2, -0.15) is 0 Å². The van der Waals surface area contributed by atoms with Crippen LogP contribution in [0.4, 0.5) is 10.2 Å². The quantitative estimate of drug-likeness (QED) is 0.569. The number of nitrogens with zero attached hydrogens (tertiary/aromatic N) is 2. The summed E-state index contributed by atoms with van der Waals surface area (Å²) < 4.78 is 13.3. The van der Waals surface area contributed by atoms with E-state index >= 15 is 0 Å². The van der Waals surface area contributed by atoms with Gasteiger partial charge in [0.25, 0.3) is 0 Å². The van der Waals surface area contributed by atoms with E-state index in [0.29, 0.717) is 6.54 Å². The van der Waals surface area contributed by atoms with Crippen LogP contribution < -0.4 is 10.2 Å². The number of aromatic nitrogens is 1. The van der Waals surface area contributed by atoms with E-state index in [1.54, 1.807) is 6.07 Å². The molecule has 0 aliphatic carbocycles. The first-order valence-corrected chi connectivity index (χ1v) is 6.43. The molecule has 0 spiro atoms. The van der Waals surface area contributed by atoms with Gasteiger partial charge in [0, 0.05) is 25.2 Å². The predicted molar refractivity (Wildman–Crippen MR) is 74.3 cm³/mol. The number of hydrogen-bond acceptors (Lipinski definition) is 3. The first-order chi connectivity index (χ1) is 8.72. The molecule has 18 heavy (non-hydrogen) atoms. The number of halogens is 1. The smallest absolute Gasteiger partial charge is 0.141 e. The highest BCUT2D eigenvalue weighted by atomic mass is 19.1. The standard InChI is InChI=1S/C14H22FN3/c1-4-7-16-10-12-9-13(15)11-17-14(12)18(6-3)8-5-2/h5,9,11,16H,2,4,6-8,10H2,1,3H3. The number of pyridine rings is 1. The van der Waals surface area contributed by atoms with Gasteiger partial charge in [0.15, 0.2) is 0 Å². The van der Waals surface area contributed by atoms with E-state index in [-0.39, 0.29) is 5.82 Å². The monoisotopic (exact) mass is 251 g/mol. The van der Waals surface area contributed by atoms with Gasteiger partial charge >= 0.3 is 0 Å². The summed E-state index contributed by atoms with van der Waals surface area (Å²) in [5.74, 6) is 0.545. The van der Waals surface area contributed by atoms with Crippen LogP contribution in [0.1, 0.15) is 25.8 Å². The molecule has 0 atom stereocenters. The van der Waals surface area contributed by atoms with Crippen LogP contribution in [0.2, 0.25) is 0 Å². The van der Waals surface area contributed by atoms with Crippen molar-refractivity contribution in [3.05, 3.63) is 36.3 Å². The molecule has 0 aliphatic rings. The maximum absolute atomic E-state index is 13.3. The molecule has 1 rings (SSSR count). The minimum Gasteiger partial charge on any atom is -0.353 e. The first kappa shape index (κ1) is 14.6. The Morgan fingerprint density at radius 1 is 1.50 bits per heavy atom. The van der Waals surface area contributed by atoms with Gasteiger partial charge in [-0.25, -0.2) is 9.37 Å². The van der Waals surface area contributed by atoms with Crippen molar-refractivity contribution in [3.8, 4) is 0 Å². The van der Waals surface area contributed by atoms with Crippen LogP contribution in [0, 0.1) is 5.82 Å². The maximum atomic E-state index is 13.3. The van der Waals surface area contributed by atoms with Gasteiger partial charge in [-0.15, -0.1) is 6.58 Å². The predicted octanol–water partition coefficient (Wildman–Crippen LogP) is 2.73. The average Bonchev–Trinajstić information content (AvgIpc) is 2.37. The number of rotatable bonds is 8. The van der Waals surface area contributed by atoms with Crippen molar-refractivity contribution in [2.75, 3.05) is 24.5 Å². The van der Waals surface area contributed by atoms with E-state index in [1.807, 2.05) is 6.08 Å². The van der Waals surface area contributed by atoms with Crippen molar-refractivity contribution < 1.29 is 4.39 Å². The summed E-state index contributed by atoms with van der Waals surface area (Å²) in [6.07, 6.45) is 4.16. The van der Waals surface area contributed by atoms with Gasteiger partial charge in [0.05, 0.1) is 6.20 Å². The van der Waals surface area contributed by atoms with E-state index in [2.05, 4.69) is 35.6 Å². The second-order valence-corrected chi connectivity index (χ2v) is 4.14. The lowest BCUT2D eigenvalue weighted by Crippen LogP contribution is -2.26. The van der Waals surface area contributed by atoms with Crippen molar-refractivity contribution in [2.24, 2.45) is 0 Å². The third kappa shape index (κ3) is 4.11. The number of likely N-dealkylation sites (N-methyl/N-ethyl adjacent to an activating group) is 1. The van der Waals surface area contributed by atoms with Gasteiger partial charge < -0.3 is 10.2 Å². The molecule has 0 radical (unpaired) electrons. The van der Waals surface area contributed by atoms with Gasteiger partial charge in [0.2, 0.25) is 0 Å². The molecular weight excluding hydrogens is 229 g/mol. The summed E-state index contributed by atoms with van der Waals surface area (Å²) in [6.45, 7) is 11.0. The van der Waals surface area contributed by atoms with Crippen LogP contribution in [0.25, 0.3) is 0 Å². The minimum absolute atomic E-state index is 0.290. The van der Waals surface area contributed by atoms with E-state index < -0.39 is 0 Å². The minimum atomic E-state index is -0.290. The first-order valence-electron chi connectivity index (χ1n) is 6.43. The Morgan fingerprint density at radius 3 is 2.89 bits per heavy atom. The lowest BCUT2D eigenvalue weighted by molar-refractivity contribution is 0.610. The molecule has 100 valence electrons. The van der Waals surface area contributed by atoms with Crippen LogP contribution in [0.5, 0.6) is 0 Å². The van der Waals surface area contributed by atoms with Crippen LogP contribution in [0.15, 0.2) is 24.9 Å². The van der Waals surface area contributed by atoms with Crippen molar-refractivity contribution in [1.82, 2.24) is 10.3 Å². The van der Waals surface area contributed by atoms with Crippen LogP contribution in [-0.2, 0) is 6.54 Å². The van der Waals surface area contributed by atoms with E-state index in [0.717, 1.165) is 37.4 Å². The molecule has 0 saturated heterocycles. The molecule has 0 aliphatic heterocycles. The summed E-state index contributed by atoms with van der Waals surface area (Å²) in [7, 11) is 0. The summed E-state index contributed by atoms with van der Waals surface area (Å²) in [5, 5.41) is 3.28. The Bertz CT molecular complexity index is 379. The van der Waals surface area contributed by atoms with Crippen LogP contribution in [0.3, 0.4) is 0 Å². The van der Waals surface area contributed by atoms with Crippen molar-refractivity contribution in [3.63, 3.8) is 0 Å². The van der Waals surface area contributed by atoms with Gasteiger partial charge in [-0.3, -0.25) is 0 Å². The highest BCUT2D eigenvalue weighted by Crippen LogP contribution is 2.18. The van der Waals surface area contributed by atoms with Gasteiger partial charge in [-0.05, 0) is 26.0 Å². The highest BCUT2D eigenvalue weighted by Gasteiger charge is 2.11. The topological polar surface area (TPSA) is 28.2 Å². The average molecular weight is 251 g/mol. The van der Waals surface area contributed by atoms with Crippen molar-refractivity contribution in [1.29, 1.82) is 0 Å². The van der Waals surface area contributed by atoms with Crippen molar-refractivity contribution in [2.45, 2.75) is 26.8 Å². The zero-order chi connectivity index (χ0) is 13.4. The van der Waals surface area contributed by atoms with E-state index in [9.17, 15) is 4.39 Å². The second kappa shape index (κ2) is 7.82. The molecule has 0 fully saturated rings. The molecule has 0 aromatic carbocycles. The number of nitrogens with one attached hydrogen (secondary N) is 1. The molecule has 0 amide bonds. The molecule has 1 N–H and O–H groups in total. The van der Waals surface area contributed by atoms with E-state index in [4.69, 9.17) is 0 Å². The number of hydrogen-bond donors (Lipinski definition) is 1. The Labute approximate surface area is 109 Å². The fraction of sp³-hybridized carbons (Fsp3) is 0.500. The maximum Gasteiger partial charge on any atom is 0.141 e. The summed E-state index contributed by atoms with van der Waals surface area (Å²) >= 11 is 0. The Kier molecular flexibility index (Phi) is 6.36. The van der Waals surface area contributed by atoms with E-state index in [1.165, 1.54) is 6.20 Å². The molecular formula is C14H22FN3. The van der Waals surface area contributed by atoms with Crippen LogP contribution >= 0.6 is 0 Å². The fourth-order valence-corrected chi connectivity index (χ4v) is 1.81. The van der Waals surface area contributed by atoms with Crippen LogP contribution in [-0.4, -0.2) is 24.6 Å². The third-order valence-corrected chi connectivity index (χ3v) is 2.68. The normalized spacial score (nSPS) is 10.4. The molecule has 3 nitrogen and oxygen atoms in total. The van der Waals surface area contributed by atoms with Crippen molar-refractivity contribution >= 4 is 5.82 Å². The highest BCUT2D eigenvalue weighted by molar-refractivity contribution is 5.47. The Morgan fingerprint density at radius 2 is 2.28 bits per heavy atom. The Hall–Kier alpha value is -1.42. The second-order valence-electron chi connectivity index (χ2n) is 4.14. The molecule has 1 heterocycles. The molecule has 0 saturated carbocycles. The molecule has 0 unspecified atom stereocenters. The molecule has 4 heteroatoms. The lowest BCUT2D eigenvalue weighted by atomic mass is 10.2. The summed E-state index contributed by atoms with van der Waals surface area (Å²) in [4.78, 5) is 6.29. The largest absolute Gasteiger partial charge is 0.353 e. The van der Waals surface area contributed by atoms with Gasteiger partial charge in [0.1, 0.15) is 11.6 Å². The zero-order valence-corrected chi connectivity index (χ0v) is 11.2. The number of anilines is 1. The SMILES string of the molecule is C=CCN(CC)c1ncc(F)cc1CNCCC. The lowest BCUT2D eigenvalue weighted by Gasteiger charge is -2.23. The Balaban J connectivity index is 2.90. The molecule has 1 aromatic heterocycles. The summed E-state index contributed by atoms with van der Waals surface area (Å²) in [5.41, 5.74) is 0.896. The molecule has 1 aromatic rings. The zero-order valence-electron chi connectivity index (χ0n) is 11.2.